The molecule has 1 aromatic rings. The van der Waals surface area contributed by atoms with E-state index in [1.54, 1.807) is 6.26 Å². The number of hydrogen-bond donors (Lipinski definition) is 0. The molecule has 1 aromatic heterocycles. The molecule has 0 saturated heterocycles. The Bertz CT molecular complexity index is 205. The van der Waals surface area contributed by atoms with Gasteiger partial charge in [0, 0.05) is 0 Å². The number of nitrogens with zero attached hydrogens (tertiary/aromatic N) is 2. The third-order valence-electron chi connectivity index (χ3n) is 1.12. The average molecular weight is 140 g/mol. The summed E-state index contributed by atoms with van der Waals surface area (Å²) in [6.45, 7) is 2.69. The van der Waals surface area contributed by atoms with E-state index in [2.05, 4.69) is 4.98 Å². The van der Waals surface area contributed by atoms with Crippen LogP contribution >= 0.6 is 0 Å². The lowest BCUT2D eigenvalue weighted by atomic mass is 10.5. The molecule has 0 bridgehead atoms. The van der Waals surface area contributed by atoms with Crippen LogP contribution in [0.4, 0.5) is 0 Å². The first-order chi connectivity index (χ1) is 4.68. The van der Waals surface area contributed by atoms with Crippen LogP contribution in [-0.4, -0.2) is 24.0 Å². The van der Waals surface area contributed by atoms with Crippen LogP contribution in [0.25, 0.3) is 0 Å². The van der Waals surface area contributed by atoms with Crippen molar-refractivity contribution in [1.82, 2.24) is 9.88 Å². The third kappa shape index (κ3) is 1.84. The van der Waals surface area contributed by atoms with Crippen molar-refractivity contribution in [3.8, 4) is 0 Å². The van der Waals surface area contributed by atoms with Crippen molar-refractivity contribution in [1.29, 1.82) is 0 Å². The SMILES string of the molecule is Cc1coc(CN(C)C)n1. The Morgan fingerprint density at radius 2 is 2.30 bits per heavy atom. The van der Waals surface area contributed by atoms with Crippen molar-refractivity contribution >= 4 is 0 Å². The molecule has 56 valence electrons. The van der Waals surface area contributed by atoms with Crippen LogP contribution in [0.2, 0.25) is 0 Å². The largest absolute Gasteiger partial charge is 0.447 e. The van der Waals surface area contributed by atoms with Gasteiger partial charge in [-0.2, -0.15) is 0 Å². The Balaban J connectivity index is 2.58. The van der Waals surface area contributed by atoms with Crippen molar-refractivity contribution in [2.45, 2.75) is 13.5 Å². The summed E-state index contributed by atoms with van der Waals surface area (Å²) < 4.78 is 5.12. The molecule has 0 N–H and O–H groups in total. The summed E-state index contributed by atoms with van der Waals surface area (Å²) in [4.78, 5) is 6.16. The lowest BCUT2D eigenvalue weighted by Gasteiger charge is -2.03. The molecule has 0 unspecified atom stereocenters. The molecule has 0 atom stereocenters. The summed E-state index contributed by atoms with van der Waals surface area (Å²) in [5, 5.41) is 0. The summed E-state index contributed by atoms with van der Waals surface area (Å²) in [7, 11) is 3.97. The summed E-state index contributed by atoms with van der Waals surface area (Å²) >= 11 is 0. The minimum absolute atomic E-state index is 0.772. The zero-order chi connectivity index (χ0) is 7.56. The summed E-state index contributed by atoms with van der Waals surface area (Å²) in [6, 6.07) is 0. The molecular formula is C7H12N2O. The van der Waals surface area contributed by atoms with Gasteiger partial charge in [-0.1, -0.05) is 0 Å². The third-order valence-corrected chi connectivity index (χ3v) is 1.12. The van der Waals surface area contributed by atoms with Gasteiger partial charge in [0.1, 0.15) is 6.26 Å². The molecule has 3 heteroatoms. The Morgan fingerprint density at radius 3 is 2.70 bits per heavy atom. The first-order valence-corrected chi connectivity index (χ1v) is 3.24. The van der Waals surface area contributed by atoms with Crippen molar-refractivity contribution in [3.05, 3.63) is 17.8 Å². The number of aromatic nitrogens is 1. The Labute approximate surface area is 60.7 Å². The van der Waals surface area contributed by atoms with E-state index in [0.717, 1.165) is 18.1 Å². The van der Waals surface area contributed by atoms with E-state index < -0.39 is 0 Å². The maximum atomic E-state index is 5.12. The Morgan fingerprint density at radius 1 is 1.60 bits per heavy atom. The molecule has 0 aliphatic rings. The smallest absolute Gasteiger partial charge is 0.208 e. The molecule has 0 spiro atoms. The van der Waals surface area contributed by atoms with Crippen molar-refractivity contribution in [2.75, 3.05) is 14.1 Å². The van der Waals surface area contributed by atoms with Gasteiger partial charge in [-0.3, -0.25) is 0 Å². The van der Waals surface area contributed by atoms with Crippen LogP contribution < -0.4 is 0 Å². The second-order valence-electron chi connectivity index (χ2n) is 2.62. The van der Waals surface area contributed by atoms with Crippen molar-refractivity contribution in [3.63, 3.8) is 0 Å². The van der Waals surface area contributed by atoms with Gasteiger partial charge in [-0.25, -0.2) is 4.98 Å². The number of rotatable bonds is 2. The molecule has 0 aliphatic carbocycles. The average Bonchev–Trinajstić information content (AvgIpc) is 2.13. The fourth-order valence-corrected chi connectivity index (χ4v) is 0.746. The predicted octanol–water partition coefficient (Wildman–Crippen LogP) is 1.04. The highest BCUT2D eigenvalue weighted by Gasteiger charge is 1.99. The lowest BCUT2D eigenvalue weighted by Crippen LogP contribution is -2.10. The first-order valence-electron chi connectivity index (χ1n) is 3.24. The molecule has 3 nitrogen and oxygen atoms in total. The number of hydrogen-bond acceptors (Lipinski definition) is 3. The monoisotopic (exact) mass is 140 g/mol. The van der Waals surface area contributed by atoms with E-state index in [1.165, 1.54) is 0 Å². The molecule has 0 aromatic carbocycles. The van der Waals surface area contributed by atoms with E-state index >= 15 is 0 Å². The van der Waals surface area contributed by atoms with Gasteiger partial charge in [-0.05, 0) is 21.0 Å². The molecule has 0 aliphatic heterocycles. The van der Waals surface area contributed by atoms with E-state index in [0.29, 0.717) is 0 Å². The van der Waals surface area contributed by atoms with Crippen LogP contribution in [0.15, 0.2) is 10.7 Å². The molecule has 1 heterocycles. The van der Waals surface area contributed by atoms with Crippen LogP contribution in [-0.2, 0) is 6.54 Å². The van der Waals surface area contributed by atoms with E-state index in [1.807, 2.05) is 25.9 Å². The Kier molecular flexibility index (Phi) is 2.06. The van der Waals surface area contributed by atoms with Crippen LogP contribution in [0.3, 0.4) is 0 Å². The maximum Gasteiger partial charge on any atom is 0.208 e. The number of oxazole rings is 1. The van der Waals surface area contributed by atoms with Gasteiger partial charge in [-0.15, -0.1) is 0 Å². The second kappa shape index (κ2) is 2.84. The summed E-state index contributed by atoms with van der Waals surface area (Å²) in [6.07, 6.45) is 1.67. The number of aryl methyl sites for hydroxylation is 1. The molecule has 0 fully saturated rings. The standard InChI is InChI=1S/C7H12N2O/c1-6-5-10-7(8-6)4-9(2)3/h5H,4H2,1-3H3. The minimum atomic E-state index is 0.772. The second-order valence-corrected chi connectivity index (χ2v) is 2.62. The zero-order valence-electron chi connectivity index (χ0n) is 6.59. The minimum Gasteiger partial charge on any atom is -0.447 e. The molecular weight excluding hydrogens is 128 g/mol. The van der Waals surface area contributed by atoms with Crippen molar-refractivity contribution < 1.29 is 4.42 Å². The van der Waals surface area contributed by atoms with E-state index in [9.17, 15) is 0 Å². The van der Waals surface area contributed by atoms with Crippen LogP contribution in [0, 0.1) is 6.92 Å². The molecule has 0 amide bonds. The fraction of sp³-hybridized carbons (Fsp3) is 0.571. The Hall–Kier alpha value is -0.830. The van der Waals surface area contributed by atoms with Gasteiger partial charge in [0.2, 0.25) is 5.89 Å². The normalized spacial score (nSPS) is 10.8. The van der Waals surface area contributed by atoms with Gasteiger partial charge in [0.15, 0.2) is 0 Å². The van der Waals surface area contributed by atoms with Gasteiger partial charge >= 0.3 is 0 Å². The summed E-state index contributed by atoms with van der Waals surface area (Å²) in [5.41, 5.74) is 0.942. The van der Waals surface area contributed by atoms with Crippen molar-refractivity contribution in [2.24, 2.45) is 0 Å². The molecule has 1 rings (SSSR count). The maximum absolute atomic E-state index is 5.12. The van der Waals surface area contributed by atoms with Gasteiger partial charge in [0.05, 0.1) is 12.2 Å². The zero-order valence-corrected chi connectivity index (χ0v) is 6.59. The van der Waals surface area contributed by atoms with E-state index in [4.69, 9.17) is 4.42 Å². The molecule has 0 radical (unpaired) electrons. The highest BCUT2D eigenvalue weighted by atomic mass is 16.3. The quantitative estimate of drug-likeness (QED) is 0.614. The van der Waals surface area contributed by atoms with Gasteiger partial charge < -0.3 is 9.32 Å². The predicted molar refractivity (Wildman–Crippen MR) is 38.6 cm³/mol. The van der Waals surface area contributed by atoms with E-state index in [-0.39, 0.29) is 0 Å². The molecule has 0 saturated carbocycles. The van der Waals surface area contributed by atoms with Gasteiger partial charge in [0.25, 0.3) is 0 Å². The first kappa shape index (κ1) is 7.28. The molecule has 10 heavy (non-hydrogen) atoms. The highest BCUT2D eigenvalue weighted by molar-refractivity contribution is 4.92. The fourth-order valence-electron chi connectivity index (χ4n) is 0.746. The van der Waals surface area contributed by atoms with Crippen LogP contribution in [0.1, 0.15) is 11.6 Å². The lowest BCUT2D eigenvalue weighted by molar-refractivity contribution is 0.341. The van der Waals surface area contributed by atoms with Crippen LogP contribution in [0.5, 0.6) is 0 Å². The summed E-state index contributed by atoms with van der Waals surface area (Å²) in [5.74, 6) is 0.780. The highest BCUT2D eigenvalue weighted by Crippen LogP contribution is 2.01. The topological polar surface area (TPSA) is 29.3 Å².